The summed E-state index contributed by atoms with van der Waals surface area (Å²) in [7, 11) is 1.40. The molecule has 4 nitrogen and oxygen atoms in total. The second kappa shape index (κ2) is 7.95. The van der Waals surface area contributed by atoms with E-state index < -0.39 is 0 Å². The second-order valence-corrected chi connectivity index (χ2v) is 6.10. The molecule has 0 rings (SSSR count). The standard InChI is InChI=1S/C12H24O4S/c1-9(7-17-8-11(13)14-6)10(2)15-16-12(3,4)5/h9-10H,7-8H2,1-6H3. The molecule has 0 heterocycles. The van der Waals surface area contributed by atoms with Crippen molar-refractivity contribution < 1.29 is 19.3 Å². The van der Waals surface area contributed by atoms with E-state index in [1.807, 2.05) is 27.7 Å². The van der Waals surface area contributed by atoms with Crippen molar-refractivity contribution in [2.24, 2.45) is 5.92 Å². The minimum absolute atomic E-state index is 0.000582. The lowest BCUT2D eigenvalue weighted by Crippen LogP contribution is -2.27. The van der Waals surface area contributed by atoms with Crippen molar-refractivity contribution in [2.75, 3.05) is 18.6 Å². The van der Waals surface area contributed by atoms with Gasteiger partial charge in [-0.25, -0.2) is 9.78 Å². The normalized spacial score (nSPS) is 15.4. The zero-order valence-electron chi connectivity index (χ0n) is 11.6. The van der Waals surface area contributed by atoms with Crippen LogP contribution in [0, 0.1) is 5.92 Å². The molecule has 0 N–H and O–H groups in total. The summed E-state index contributed by atoms with van der Waals surface area (Å²) in [4.78, 5) is 21.5. The molecule has 0 aromatic heterocycles. The summed E-state index contributed by atoms with van der Waals surface area (Å²) in [5, 5.41) is 0. The van der Waals surface area contributed by atoms with Gasteiger partial charge in [-0.1, -0.05) is 6.92 Å². The Morgan fingerprint density at radius 2 is 1.88 bits per heavy atom. The van der Waals surface area contributed by atoms with Crippen molar-refractivity contribution in [2.45, 2.75) is 46.3 Å². The number of hydrogen-bond acceptors (Lipinski definition) is 5. The van der Waals surface area contributed by atoms with Crippen molar-refractivity contribution >= 4 is 17.7 Å². The minimum Gasteiger partial charge on any atom is -0.468 e. The number of carbonyl (C=O) groups excluding carboxylic acids is 1. The maximum absolute atomic E-state index is 10.9. The number of methoxy groups -OCH3 is 1. The van der Waals surface area contributed by atoms with Crippen LogP contribution in [0.15, 0.2) is 0 Å². The maximum atomic E-state index is 10.9. The molecule has 0 amide bonds. The summed E-state index contributed by atoms with van der Waals surface area (Å²) in [6, 6.07) is 0. The molecule has 0 fully saturated rings. The third-order valence-corrected chi connectivity index (χ3v) is 3.28. The predicted molar refractivity (Wildman–Crippen MR) is 69.9 cm³/mol. The summed E-state index contributed by atoms with van der Waals surface area (Å²) in [6.07, 6.45) is -0.000582. The Bertz CT molecular complexity index is 225. The van der Waals surface area contributed by atoms with Gasteiger partial charge in [-0.3, -0.25) is 4.79 Å². The lowest BCUT2D eigenvalue weighted by atomic mass is 10.1. The lowest BCUT2D eigenvalue weighted by molar-refractivity contribution is -0.375. The van der Waals surface area contributed by atoms with Gasteiger partial charge in [-0.05, 0) is 39.4 Å². The Labute approximate surface area is 108 Å². The van der Waals surface area contributed by atoms with E-state index in [0.29, 0.717) is 11.7 Å². The maximum Gasteiger partial charge on any atom is 0.315 e. The summed E-state index contributed by atoms with van der Waals surface area (Å²) in [6.45, 7) is 9.86. The SMILES string of the molecule is COC(=O)CSCC(C)C(C)OOC(C)(C)C. The van der Waals surface area contributed by atoms with Crippen molar-refractivity contribution in [1.82, 2.24) is 0 Å². The number of carbonyl (C=O) groups is 1. The number of ether oxygens (including phenoxy) is 1. The van der Waals surface area contributed by atoms with E-state index in [4.69, 9.17) is 9.78 Å². The molecule has 17 heavy (non-hydrogen) atoms. The predicted octanol–water partition coefficient (Wildman–Crippen LogP) is 2.66. The molecule has 0 radical (unpaired) electrons. The minimum atomic E-state index is -0.298. The Morgan fingerprint density at radius 3 is 2.35 bits per heavy atom. The van der Waals surface area contributed by atoms with Crippen molar-refractivity contribution in [3.63, 3.8) is 0 Å². The summed E-state index contributed by atoms with van der Waals surface area (Å²) < 4.78 is 4.57. The van der Waals surface area contributed by atoms with Gasteiger partial charge < -0.3 is 4.74 Å². The van der Waals surface area contributed by atoms with Gasteiger partial charge in [0.2, 0.25) is 0 Å². The number of esters is 1. The largest absolute Gasteiger partial charge is 0.468 e. The molecule has 2 unspecified atom stereocenters. The number of rotatable bonds is 7. The Morgan fingerprint density at radius 1 is 1.29 bits per heavy atom. The zero-order chi connectivity index (χ0) is 13.5. The third kappa shape index (κ3) is 9.44. The summed E-state index contributed by atoms with van der Waals surface area (Å²) >= 11 is 1.55. The van der Waals surface area contributed by atoms with Crippen LogP contribution in [0.25, 0.3) is 0 Å². The van der Waals surface area contributed by atoms with Crippen LogP contribution in [-0.4, -0.2) is 36.3 Å². The van der Waals surface area contributed by atoms with Gasteiger partial charge in [-0.15, -0.1) is 11.8 Å². The van der Waals surface area contributed by atoms with Crippen LogP contribution in [0.5, 0.6) is 0 Å². The first-order valence-corrected chi connectivity index (χ1v) is 6.90. The van der Waals surface area contributed by atoms with Crippen molar-refractivity contribution in [3.8, 4) is 0 Å². The molecule has 0 spiro atoms. The highest BCUT2D eigenvalue weighted by atomic mass is 32.2. The van der Waals surface area contributed by atoms with Crippen LogP contribution >= 0.6 is 11.8 Å². The Balaban J connectivity index is 3.74. The highest BCUT2D eigenvalue weighted by molar-refractivity contribution is 7.99. The molecule has 0 aromatic carbocycles. The van der Waals surface area contributed by atoms with Gasteiger partial charge in [-0.2, -0.15) is 0 Å². The molecule has 2 atom stereocenters. The molecule has 0 bridgehead atoms. The number of hydrogen-bond donors (Lipinski definition) is 0. The molecular weight excluding hydrogens is 240 g/mol. The van der Waals surface area contributed by atoms with Gasteiger partial charge in [0.15, 0.2) is 0 Å². The van der Waals surface area contributed by atoms with E-state index in [1.165, 1.54) is 7.11 Å². The van der Waals surface area contributed by atoms with Crippen LogP contribution in [0.1, 0.15) is 34.6 Å². The fraction of sp³-hybridized carbons (Fsp3) is 0.917. The molecule has 0 saturated heterocycles. The molecule has 0 saturated carbocycles. The van der Waals surface area contributed by atoms with Gasteiger partial charge >= 0.3 is 5.97 Å². The number of thioether (sulfide) groups is 1. The van der Waals surface area contributed by atoms with Crippen LogP contribution < -0.4 is 0 Å². The van der Waals surface area contributed by atoms with E-state index in [1.54, 1.807) is 11.8 Å². The van der Waals surface area contributed by atoms with E-state index in [-0.39, 0.29) is 17.7 Å². The third-order valence-electron chi connectivity index (χ3n) is 2.08. The van der Waals surface area contributed by atoms with Crippen LogP contribution in [0.2, 0.25) is 0 Å². The van der Waals surface area contributed by atoms with Crippen LogP contribution in [0.3, 0.4) is 0 Å². The first kappa shape index (κ1) is 16.7. The average Bonchev–Trinajstić information content (AvgIpc) is 2.24. The van der Waals surface area contributed by atoms with E-state index in [2.05, 4.69) is 11.7 Å². The smallest absolute Gasteiger partial charge is 0.315 e. The quantitative estimate of drug-likeness (QED) is 0.402. The fourth-order valence-electron chi connectivity index (χ4n) is 0.838. The molecule has 5 heteroatoms. The molecular formula is C12H24O4S. The van der Waals surface area contributed by atoms with Gasteiger partial charge in [0, 0.05) is 0 Å². The van der Waals surface area contributed by atoms with Crippen molar-refractivity contribution in [3.05, 3.63) is 0 Å². The summed E-state index contributed by atoms with van der Waals surface area (Å²) in [5.41, 5.74) is -0.298. The van der Waals surface area contributed by atoms with E-state index in [9.17, 15) is 4.79 Å². The van der Waals surface area contributed by atoms with Crippen molar-refractivity contribution in [1.29, 1.82) is 0 Å². The summed E-state index contributed by atoms with van der Waals surface area (Å²) in [5.74, 6) is 1.34. The van der Waals surface area contributed by atoms with Gasteiger partial charge in [0.05, 0.1) is 24.6 Å². The average molecular weight is 264 g/mol. The molecule has 0 aliphatic heterocycles. The molecule has 0 aliphatic rings. The topological polar surface area (TPSA) is 44.8 Å². The lowest BCUT2D eigenvalue weighted by Gasteiger charge is -2.24. The second-order valence-electron chi connectivity index (χ2n) is 5.07. The first-order chi connectivity index (χ1) is 7.76. The Hall–Kier alpha value is -0.260. The fourth-order valence-corrected chi connectivity index (χ4v) is 1.88. The van der Waals surface area contributed by atoms with Crippen LogP contribution in [0.4, 0.5) is 0 Å². The molecule has 0 aromatic rings. The first-order valence-electron chi connectivity index (χ1n) is 5.75. The van der Waals surface area contributed by atoms with Gasteiger partial charge in [0.25, 0.3) is 0 Å². The zero-order valence-corrected chi connectivity index (χ0v) is 12.4. The van der Waals surface area contributed by atoms with E-state index in [0.717, 1.165) is 5.75 Å². The van der Waals surface area contributed by atoms with Crippen LogP contribution in [-0.2, 0) is 19.3 Å². The molecule has 102 valence electrons. The highest BCUT2D eigenvalue weighted by Crippen LogP contribution is 2.17. The molecule has 0 aliphatic carbocycles. The van der Waals surface area contributed by atoms with E-state index >= 15 is 0 Å². The van der Waals surface area contributed by atoms with Gasteiger partial charge in [0.1, 0.15) is 0 Å². The monoisotopic (exact) mass is 264 g/mol. The Kier molecular flexibility index (Phi) is 7.83. The highest BCUT2D eigenvalue weighted by Gasteiger charge is 2.19.